The highest BCUT2D eigenvalue weighted by Gasteiger charge is 2.15. The van der Waals surface area contributed by atoms with Gasteiger partial charge in [0.1, 0.15) is 12.4 Å². The van der Waals surface area contributed by atoms with Crippen LogP contribution in [0.25, 0.3) is 0 Å². The molecule has 156 valence electrons. The minimum Gasteiger partial charge on any atom is -0.445 e. The molecule has 0 spiro atoms. The number of amides is 1. The summed E-state index contributed by atoms with van der Waals surface area (Å²) < 4.78 is 24.7. The summed E-state index contributed by atoms with van der Waals surface area (Å²) in [4.78, 5) is 13.6. The van der Waals surface area contributed by atoms with Gasteiger partial charge in [0.2, 0.25) is 0 Å². The Labute approximate surface area is 169 Å². The van der Waals surface area contributed by atoms with E-state index >= 15 is 0 Å². The van der Waals surface area contributed by atoms with Crippen LogP contribution in [0.1, 0.15) is 5.56 Å². The third kappa shape index (κ3) is 6.62. The van der Waals surface area contributed by atoms with Crippen molar-refractivity contribution in [2.24, 2.45) is 0 Å². The van der Waals surface area contributed by atoms with E-state index in [2.05, 4.69) is 10.6 Å². The molecule has 0 aliphatic carbocycles. The molecule has 3 N–H and O–H groups in total. The number of anilines is 2. The van der Waals surface area contributed by atoms with Crippen LogP contribution >= 0.6 is 0 Å². The highest BCUT2D eigenvalue weighted by atomic mass is 19.1. The van der Waals surface area contributed by atoms with Crippen LogP contribution < -0.4 is 15.5 Å². The number of rotatable bonds is 8. The molecule has 2 aromatic rings. The summed E-state index contributed by atoms with van der Waals surface area (Å²) in [5.74, 6) is -0.325. The van der Waals surface area contributed by atoms with Crippen molar-refractivity contribution in [1.82, 2.24) is 5.32 Å². The molecule has 1 amide bonds. The summed E-state index contributed by atoms with van der Waals surface area (Å²) >= 11 is 0. The Hall–Kier alpha value is -2.84. The van der Waals surface area contributed by atoms with Gasteiger partial charge in [0.05, 0.1) is 25.0 Å². The largest absolute Gasteiger partial charge is 0.445 e. The zero-order chi connectivity index (χ0) is 20.5. The molecule has 0 radical (unpaired) electrons. The number of aliphatic hydroxyl groups is 1. The van der Waals surface area contributed by atoms with Gasteiger partial charge < -0.3 is 30.1 Å². The molecule has 1 heterocycles. The van der Waals surface area contributed by atoms with Crippen molar-refractivity contribution in [2.45, 2.75) is 12.7 Å². The molecule has 3 rings (SSSR count). The zero-order valence-corrected chi connectivity index (χ0v) is 16.1. The lowest BCUT2D eigenvalue weighted by atomic mass is 10.2. The van der Waals surface area contributed by atoms with E-state index in [-0.39, 0.29) is 25.5 Å². The molecule has 7 nitrogen and oxygen atoms in total. The predicted molar refractivity (Wildman–Crippen MR) is 109 cm³/mol. The molecule has 1 atom stereocenters. The van der Waals surface area contributed by atoms with Crippen LogP contribution in [0.4, 0.5) is 20.6 Å². The fraction of sp³-hybridized carbons (Fsp3) is 0.381. The Morgan fingerprint density at radius 1 is 1.17 bits per heavy atom. The van der Waals surface area contributed by atoms with Crippen LogP contribution in [0.15, 0.2) is 48.5 Å². The number of halogens is 1. The second-order valence-corrected chi connectivity index (χ2v) is 6.74. The van der Waals surface area contributed by atoms with Crippen molar-refractivity contribution < 1.29 is 23.8 Å². The summed E-state index contributed by atoms with van der Waals surface area (Å²) in [6.45, 7) is 2.85. The van der Waals surface area contributed by atoms with Crippen molar-refractivity contribution in [2.75, 3.05) is 49.6 Å². The van der Waals surface area contributed by atoms with E-state index in [1.54, 1.807) is 12.1 Å². The molecule has 0 aromatic heterocycles. The molecule has 1 aliphatic rings. The molecule has 0 saturated carbocycles. The Bertz CT molecular complexity index is 785. The lowest BCUT2D eigenvalue weighted by Crippen LogP contribution is -2.37. The van der Waals surface area contributed by atoms with Crippen LogP contribution in [0.5, 0.6) is 0 Å². The first-order chi connectivity index (χ1) is 14.1. The van der Waals surface area contributed by atoms with E-state index < -0.39 is 12.2 Å². The molecule has 1 saturated heterocycles. The maximum Gasteiger partial charge on any atom is 0.407 e. The molecule has 29 heavy (non-hydrogen) atoms. The molecule has 1 fully saturated rings. The number of hydrogen-bond donors (Lipinski definition) is 3. The number of benzene rings is 2. The molecule has 8 heteroatoms. The van der Waals surface area contributed by atoms with Gasteiger partial charge in [-0.25, -0.2) is 9.18 Å². The molecular weight excluding hydrogens is 377 g/mol. The van der Waals surface area contributed by atoms with E-state index in [4.69, 9.17) is 9.47 Å². The van der Waals surface area contributed by atoms with Gasteiger partial charge >= 0.3 is 6.09 Å². The molecule has 1 aliphatic heterocycles. The third-order valence-corrected chi connectivity index (χ3v) is 4.54. The highest BCUT2D eigenvalue weighted by molar-refractivity contribution is 5.67. The average Bonchev–Trinajstić information content (AvgIpc) is 2.76. The minimum atomic E-state index is -0.846. The van der Waals surface area contributed by atoms with Crippen LogP contribution in [0.2, 0.25) is 0 Å². The summed E-state index contributed by atoms with van der Waals surface area (Å²) in [6, 6.07) is 14.2. The van der Waals surface area contributed by atoms with Crippen molar-refractivity contribution in [3.05, 3.63) is 59.9 Å². The van der Waals surface area contributed by atoms with Crippen LogP contribution in [-0.4, -0.2) is 56.7 Å². The fourth-order valence-electron chi connectivity index (χ4n) is 2.96. The first kappa shape index (κ1) is 20.9. The first-order valence-electron chi connectivity index (χ1n) is 9.60. The number of carbonyl (C=O) groups excluding carboxylic acids is 1. The minimum absolute atomic E-state index is 0.0228. The monoisotopic (exact) mass is 403 g/mol. The van der Waals surface area contributed by atoms with E-state index in [1.807, 2.05) is 35.2 Å². The van der Waals surface area contributed by atoms with Gasteiger partial charge in [-0.3, -0.25) is 0 Å². The SMILES string of the molecule is O=C(NCC(O)CNc1ccc(N2CCOCC2)c(F)c1)OCc1ccccc1. The number of morpholine rings is 1. The van der Waals surface area contributed by atoms with Crippen molar-refractivity contribution in [1.29, 1.82) is 0 Å². The van der Waals surface area contributed by atoms with E-state index in [0.717, 1.165) is 5.56 Å². The molecule has 2 aromatic carbocycles. The number of hydrogen-bond acceptors (Lipinski definition) is 6. The highest BCUT2D eigenvalue weighted by Crippen LogP contribution is 2.23. The topological polar surface area (TPSA) is 83.1 Å². The van der Waals surface area contributed by atoms with Gasteiger partial charge in [-0.05, 0) is 23.8 Å². The second kappa shape index (κ2) is 10.6. The third-order valence-electron chi connectivity index (χ3n) is 4.54. The van der Waals surface area contributed by atoms with Gasteiger partial charge in [0, 0.05) is 31.9 Å². The number of ether oxygens (including phenoxy) is 2. The van der Waals surface area contributed by atoms with Gasteiger partial charge in [-0.15, -0.1) is 0 Å². The lowest BCUT2D eigenvalue weighted by Gasteiger charge is -2.29. The normalized spacial score (nSPS) is 14.9. The Balaban J connectivity index is 1.38. The van der Waals surface area contributed by atoms with Crippen molar-refractivity contribution in [3.63, 3.8) is 0 Å². The van der Waals surface area contributed by atoms with E-state index in [0.29, 0.717) is 37.7 Å². The Morgan fingerprint density at radius 2 is 1.93 bits per heavy atom. The predicted octanol–water partition coefficient (Wildman–Crippen LogP) is 2.36. The number of aliphatic hydroxyl groups excluding tert-OH is 1. The van der Waals surface area contributed by atoms with Crippen LogP contribution in [0, 0.1) is 5.82 Å². The standard InChI is InChI=1S/C21H26FN3O4/c22-19-12-17(6-7-20(19)25-8-10-28-11-9-25)23-13-18(26)14-24-21(27)29-15-16-4-2-1-3-5-16/h1-7,12,18,23,26H,8-11,13-15H2,(H,24,27). The molecular formula is C21H26FN3O4. The second-order valence-electron chi connectivity index (χ2n) is 6.74. The van der Waals surface area contributed by atoms with Gasteiger partial charge in [0.15, 0.2) is 0 Å². The lowest BCUT2D eigenvalue weighted by molar-refractivity contribution is 0.122. The van der Waals surface area contributed by atoms with Crippen LogP contribution in [0.3, 0.4) is 0 Å². The maximum atomic E-state index is 14.4. The molecule has 1 unspecified atom stereocenters. The Kier molecular flexibility index (Phi) is 7.66. The van der Waals surface area contributed by atoms with Gasteiger partial charge in [0.25, 0.3) is 0 Å². The first-order valence-corrected chi connectivity index (χ1v) is 9.60. The van der Waals surface area contributed by atoms with E-state index in [1.165, 1.54) is 6.07 Å². The van der Waals surface area contributed by atoms with Crippen molar-refractivity contribution >= 4 is 17.5 Å². The van der Waals surface area contributed by atoms with Gasteiger partial charge in [-0.1, -0.05) is 30.3 Å². The van der Waals surface area contributed by atoms with E-state index in [9.17, 15) is 14.3 Å². The Morgan fingerprint density at radius 3 is 2.66 bits per heavy atom. The smallest absolute Gasteiger partial charge is 0.407 e. The fourth-order valence-corrected chi connectivity index (χ4v) is 2.96. The average molecular weight is 403 g/mol. The summed E-state index contributed by atoms with van der Waals surface area (Å²) in [7, 11) is 0. The van der Waals surface area contributed by atoms with Crippen molar-refractivity contribution in [3.8, 4) is 0 Å². The molecule has 0 bridgehead atoms. The quantitative estimate of drug-likeness (QED) is 0.628. The number of carbonyl (C=O) groups is 1. The maximum absolute atomic E-state index is 14.4. The van der Waals surface area contributed by atoms with Crippen LogP contribution in [-0.2, 0) is 16.1 Å². The number of alkyl carbamates (subject to hydrolysis) is 1. The summed E-state index contributed by atoms with van der Waals surface area (Å²) in [5, 5.41) is 15.5. The summed E-state index contributed by atoms with van der Waals surface area (Å²) in [6.07, 6.45) is -1.45. The number of nitrogens with zero attached hydrogens (tertiary/aromatic N) is 1. The zero-order valence-electron chi connectivity index (χ0n) is 16.1. The summed E-state index contributed by atoms with van der Waals surface area (Å²) in [5.41, 5.74) is 1.99. The number of nitrogens with one attached hydrogen (secondary N) is 2. The van der Waals surface area contributed by atoms with Gasteiger partial charge in [-0.2, -0.15) is 0 Å².